The van der Waals surface area contributed by atoms with Crippen LogP contribution in [0.1, 0.15) is 45.8 Å². The van der Waals surface area contributed by atoms with Gasteiger partial charge in [-0.05, 0) is 53.9 Å². The first-order valence-corrected chi connectivity index (χ1v) is 10.8. The number of carbonyl (C=O) groups excluding carboxylic acids is 1. The molecule has 0 radical (unpaired) electrons. The normalized spacial score (nSPS) is 11.7. The van der Waals surface area contributed by atoms with Crippen LogP contribution in [0.4, 0.5) is 10.1 Å². The van der Waals surface area contributed by atoms with Crippen LogP contribution >= 0.6 is 0 Å². The van der Waals surface area contributed by atoms with Crippen molar-refractivity contribution in [1.82, 2.24) is 9.97 Å². The molecule has 0 aliphatic carbocycles. The maximum absolute atomic E-state index is 14.2. The smallest absolute Gasteiger partial charge is 0.249 e. The third-order valence-corrected chi connectivity index (χ3v) is 5.64. The van der Waals surface area contributed by atoms with Gasteiger partial charge in [-0.15, -0.1) is 0 Å². The Kier molecular flexibility index (Phi) is 6.40. The van der Waals surface area contributed by atoms with Crippen molar-refractivity contribution in [2.24, 2.45) is 11.5 Å². The number of rotatable bonds is 8. The van der Waals surface area contributed by atoms with E-state index in [0.717, 1.165) is 11.3 Å². The molecule has 0 saturated carbocycles. The number of imidazole rings is 1. The van der Waals surface area contributed by atoms with Crippen molar-refractivity contribution in [1.29, 1.82) is 5.41 Å². The molecule has 1 atom stereocenters. The van der Waals surface area contributed by atoms with Crippen LogP contribution in [0, 0.1) is 11.2 Å². The summed E-state index contributed by atoms with van der Waals surface area (Å²) in [6, 6.07) is 18.7. The van der Waals surface area contributed by atoms with Gasteiger partial charge >= 0.3 is 0 Å². The van der Waals surface area contributed by atoms with E-state index in [0.29, 0.717) is 40.2 Å². The Morgan fingerprint density at radius 2 is 1.85 bits per heavy atom. The third kappa shape index (κ3) is 4.66. The minimum atomic E-state index is -0.530. The molecule has 0 bridgehead atoms. The number of aromatic nitrogens is 2. The number of hydrogen-bond donors (Lipinski definition) is 5. The van der Waals surface area contributed by atoms with Crippen LogP contribution in [0.5, 0.6) is 0 Å². The maximum atomic E-state index is 14.2. The number of nitrogen functional groups attached to an aromatic ring is 1. The van der Waals surface area contributed by atoms with Gasteiger partial charge in [0.2, 0.25) is 5.91 Å². The SMILES string of the molecule is CCc1cc(C(Nc2ccc(C(=N)N)cc2)c2ncc(-c3ccccc3C(N)=O)[nH]2)ccc1F. The van der Waals surface area contributed by atoms with E-state index >= 15 is 0 Å². The summed E-state index contributed by atoms with van der Waals surface area (Å²) in [6.07, 6.45) is 2.20. The number of aryl methyl sites for hydroxylation is 1. The van der Waals surface area contributed by atoms with Crippen molar-refractivity contribution in [3.8, 4) is 11.3 Å². The van der Waals surface area contributed by atoms with Crippen LogP contribution in [-0.2, 0) is 6.42 Å². The van der Waals surface area contributed by atoms with Gasteiger partial charge in [0.25, 0.3) is 0 Å². The maximum Gasteiger partial charge on any atom is 0.249 e. The predicted octanol–water partition coefficient (Wildman–Crippen LogP) is 4.36. The second-order valence-electron chi connectivity index (χ2n) is 7.86. The van der Waals surface area contributed by atoms with E-state index in [1.807, 2.05) is 31.2 Å². The molecule has 34 heavy (non-hydrogen) atoms. The number of primary amides is 1. The van der Waals surface area contributed by atoms with Gasteiger partial charge in [0.15, 0.2) is 0 Å². The van der Waals surface area contributed by atoms with Gasteiger partial charge in [-0.1, -0.05) is 37.3 Å². The predicted molar refractivity (Wildman–Crippen MR) is 131 cm³/mol. The van der Waals surface area contributed by atoms with Crippen LogP contribution < -0.4 is 16.8 Å². The molecule has 1 amide bonds. The molecule has 4 rings (SSSR count). The van der Waals surface area contributed by atoms with Crippen LogP contribution in [0.3, 0.4) is 0 Å². The Morgan fingerprint density at radius 1 is 1.12 bits per heavy atom. The molecule has 0 aliphatic heterocycles. The third-order valence-electron chi connectivity index (χ3n) is 5.64. The molecule has 1 unspecified atom stereocenters. The molecule has 0 spiro atoms. The largest absolute Gasteiger partial charge is 0.384 e. The van der Waals surface area contributed by atoms with Gasteiger partial charge in [0.1, 0.15) is 23.5 Å². The highest BCUT2D eigenvalue weighted by Crippen LogP contribution is 2.29. The average Bonchev–Trinajstić information content (AvgIpc) is 3.33. The number of nitrogens with one attached hydrogen (secondary N) is 3. The number of anilines is 1. The first kappa shape index (κ1) is 22.7. The van der Waals surface area contributed by atoms with E-state index in [4.69, 9.17) is 16.9 Å². The summed E-state index contributed by atoms with van der Waals surface area (Å²) < 4.78 is 14.2. The number of halogens is 1. The average molecular weight is 457 g/mol. The van der Waals surface area contributed by atoms with Crippen molar-refractivity contribution in [3.05, 3.63) is 107 Å². The molecule has 172 valence electrons. The Labute approximate surface area is 196 Å². The molecular weight excluding hydrogens is 431 g/mol. The van der Waals surface area contributed by atoms with Gasteiger partial charge in [-0.2, -0.15) is 0 Å². The number of aromatic amines is 1. The molecule has 0 aliphatic rings. The number of amidine groups is 1. The quantitative estimate of drug-likeness (QED) is 0.199. The van der Waals surface area contributed by atoms with Crippen molar-refractivity contribution in [3.63, 3.8) is 0 Å². The summed E-state index contributed by atoms with van der Waals surface area (Å²) in [5.41, 5.74) is 15.6. The monoisotopic (exact) mass is 456 g/mol. The highest BCUT2D eigenvalue weighted by molar-refractivity contribution is 5.99. The molecule has 0 saturated heterocycles. The Balaban J connectivity index is 1.76. The van der Waals surface area contributed by atoms with Crippen LogP contribution in [0.2, 0.25) is 0 Å². The minimum Gasteiger partial charge on any atom is -0.384 e. The van der Waals surface area contributed by atoms with E-state index in [-0.39, 0.29) is 11.7 Å². The Morgan fingerprint density at radius 3 is 2.53 bits per heavy atom. The van der Waals surface area contributed by atoms with Crippen molar-refractivity contribution in [2.75, 3.05) is 5.32 Å². The highest BCUT2D eigenvalue weighted by Gasteiger charge is 2.21. The summed E-state index contributed by atoms with van der Waals surface area (Å²) in [4.78, 5) is 19.8. The highest BCUT2D eigenvalue weighted by atomic mass is 19.1. The summed E-state index contributed by atoms with van der Waals surface area (Å²) >= 11 is 0. The zero-order valence-electron chi connectivity index (χ0n) is 18.6. The fraction of sp³-hybridized carbons (Fsp3) is 0.115. The number of amides is 1. The lowest BCUT2D eigenvalue weighted by Crippen LogP contribution is -2.15. The van der Waals surface area contributed by atoms with E-state index in [9.17, 15) is 9.18 Å². The summed E-state index contributed by atoms with van der Waals surface area (Å²) in [5.74, 6) is -0.221. The Bertz CT molecular complexity index is 1350. The molecule has 8 heteroatoms. The van der Waals surface area contributed by atoms with Gasteiger partial charge in [-0.25, -0.2) is 9.37 Å². The van der Waals surface area contributed by atoms with Gasteiger partial charge in [0, 0.05) is 22.4 Å². The summed E-state index contributed by atoms with van der Waals surface area (Å²) in [7, 11) is 0. The Hall–Kier alpha value is -4.46. The zero-order chi connectivity index (χ0) is 24.2. The van der Waals surface area contributed by atoms with E-state index in [1.54, 1.807) is 42.6 Å². The molecule has 4 aromatic rings. The number of carbonyl (C=O) groups is 1. The summed E-state index contributed by atoms with van der Waals surface area (Å²) in [6.45, 7) is 1.90. The minimum absolute atomic E-state index is 0.0157. The number of H-pyrrole nitrogens is 1. The van der Waals surface area contributed by atoms with E-state index in [1.165, 1.54) is 6.07 Å². The molecule has 3 aromatic carbocycles. The van der Waals surface area contributed by atoms with Crippen LogP contribution in [0.15, 0.2) is 72.9 Å². The molecule has 0 fully saturated rings. The topological polar surface area (TPSA) is 134 Å². The number of nitrogens with two attached hydrogens (primary N) is 2. The summed E-state index contributed by atoms with van der Waals surface area (Å²) in [5, 5.41) is 11.0. The lowest BCUT2D eigenvalue weighted by atomic mass is 10.0. The molecule has 1 heterocycles. The number of nitrogens with zero attached hydrogens (tertiary/aromatic N) is 1. The van der Waals surface area contributed by atoms with Gasteiger partial charge < -0.3 is 21.8 Å². The number of benzene rings is 3. The molecule has 7 N–H and O–H groups in total. The van der Waals surface area contributed by atoms with Crippen molar-refractivity contribution < 1.29 is 9.18 Å². The first-order chi connectivity index (χ1) is 16.4. The molecule has 7 nitrogen and oxygen atoms in total. The molecular formula is C26H25FN6O. The standard InChI is InChI=1S/C26H25FN6O/c1-2-15-13-17(9-12-21(15)27)23(32-18-10-7-16(8-11-18)24(28)29)26-31-14-22(33-26)19-5-3-4-6-20(19)25(30)34/h3-14,23,32H,2H2,1H3,(H3,28,29)(H2,30,34)(H,31,33). The fourth-order valence-electron chi connectivity index (χ4n) is 3.82. The van der Waals surface area contributed by atoms with Gasteiger partial charge in [0.05, 0.1) is 11.9 Å². The van der Waals surface area contributed by atoms with Gasteiger partial charge in [-0.3, -0.25) is 10.2 Å². The van der Waals surface area contributed by atoms with E-state index < -0.39 is 11.9 Å². The van der Waals surface area contributed by atoms with Crippen LogP contribution in [0.25, 0.3) is 11.3 Å². The zero-order valence-corrected chi connectivity index (χ0v) is 18.6. The lowest BCUT2D eigenvalue weighted by Gasteiger charge is -2.20. The lowest BCUT2D eigenvalue weighted by molar-refractivity contribution is 0.100. The van der Waals surface area contributed by atoms with E-state index in [2.05, 4.69) is 15.3 Å². The fourth-order valence-corrected chi connectivity index (χ4v) is 3.82. The second kappa shape index (κ2) is 9.58. The van der Waals surface area contributed by atoms with Crippen molar-refractivity contribution >= 4 is 17.4 Å². The van der Waals surface area contributed by atoms with Crippen molar-refractivity contribution in [2.45, 2.75) is 19.4 Å². The second-order valence-corrected chi connectivity index (χ2v) is 7.86. The van der Waals surface area contributed by atoms with Crippen LogP contribution in [-0.4, -0.2) is 21.7 Å². The first-order valence-electron chi connectivity index (χ1n) is 10.8. The molecule has 1 aromatic heterocycles. The number of hydrogen-bond acceptors (Lipinski definition) is 4.